The van der Waals surface area contributed by atoms with Gasteiger partial charge in [-0.2, -0.15) is 0 Å². The fourth-order valence-electron chi connectivity index (χ4n) is 3.05. The van der Waals surface area contributed by atoms with E-state index >= 15 is 0 Å². The number of rotatable bonds is 1. The van der Waals surface area contributed by atoms with Crippen LogP contribution in [0, 0.1) is 5.82 Å². The highest BCUT2D eigenvalue weighted by molar-refractivity contribution is 6.06. The van der Waals surface area contributed by atoms with Gasteiger partial charge >= 0.3 is 0 Å². The first-order chi connectivity index (χ1) is 12.6. The standard InChI is InChI=1S/C20H10FNO4/c21-11-7-5-10(6-8-11)20-22-17-15(26-20)9-13(23)16-18(24)12-3-1-2-4-14(12)25-19(16)17/h1-9,23H. The summed E-state index contributed by atoms with van der Waals surface area (Å²) in [5.41, 5.74) is 1.36. The summed E-state index contributed by atoms with van der Waals surface area (Å²) in [5.74, 6) is -0.373. The first-order valence-electron chi connectivity index (χ1n) is 7.86. The maximum Gasteiger partial charge on any atom is 0.227 e. The van der Waals surface area contributed by atoms with E-state index in [1.54, 1.807) is 24.3 Å². The van der Waals surface area contributed by atoms with Gasteiger partial charge in [-0.25, -0.2) is 9.37 Å². The number of halogens is 1. The van der Waals surface area contributed by atoms with Gasteiger partial charge in [0.05, 0.1) is 5.39 Å². The fraction of sp³-hybridized carbons (Fsp3) is 0. The monoisotopic (exact) mass is 347 g/mol. The molecule has 5 aromatic rings. The molecular formula is C20H10FNO4. The lowest BCUT2D eigenvalue weighted by molar-refractivity contribution is 0.479. The van der Waals surface area contributed by atoms with E-state index in [1.165, 1.54) is 30.3 Å². The summed E-state index contributed by atoms with van der Waals surface area (Å²) in [5, 5.41) is 10.8. The van der Waals surface area contributed by atoms with Gasteiger partial charge < -0.3 is 13.9 Å². The number of aromatic nitrogens is 1. The Morgan fingerprint density at radius 1 is 0.962 bits per heavy atom. The summed E-state index contributed by atoms with van der Waals surface area (Å²) >= 11 is 0. The molecule has 0 bridgehead atoms. The van der Waals surface area contributed by atoms with E-state index in [9.17, 15) is 14.3 Å². The topological polar surface area (TPSA) is 76.5 Å². The molecule has 126 valence electrons. The number of oxazole rings is 1. The minimum Gasteiger partial charge on any atom is -0.507 e. The number of phenolic OH excluding ortho intramolecular Hbond substituents is 1. The van der Waals surface area contributed by atoms with Gasteiger partial charge in [0.1, 0.15) is 22.5 Å². The van der Waals surface area contributed by atoms with Crippen molar-refractivity contribution in [3.8, 4) is 17.2 Å². The van der Waals surface area contributed by atoms with Crippen molar-refractivity contribution in [3.63, 3.8) is 0 Å². The van der Waals surface area contributed by atoms with Crippen molar-refractivity contribution in [2.24, 2.45) is 0 Å². The van der Waals surface area contributed by atoms with E-state index in [4.69, 9.17) is 8.83 Å². The van der Waals surface area contributed by atoms with Gasteiger partial charge in [-0.15, -0.1) is 0 Å². The van der Waals surface area contributed by atoms with Gasteiger partial charge in [0, 0.05) is 11.6 Å². The Morgan fingerprint density at radius 3 is 2.54 bits per heavy atom. The summed E-state index contributed by atoms with van der Waals surface area (Å²) in [6.07, 6.45) is 0. The number of aromatic hydroxyl groups is 1. The van der Waals surface area contributed by atoms with Crippen LogP contribution >= 0.6 is 0 Å². The Kier molecular flexibility index (Phi) is 2.91. The average molecular weight is 347 g/mol. The number of hydrogen-bond acceptors (Lipinski definition) is 5. The highest BCUT2D eigenvalue weighted by Crippen LogP contribution is 2.35. The maximum atomic E-state index is 13.1. The van der Waals surface area contributed by atoms with Crippen LogP contribution in [0.4, 0.5) is 4.39 Å². The van der Waals surface area contributed by atoms with E-state index in [0.717, 1.165) is 0 Å². The highest BCUT2D eigenvalue weighted by Gasteiger charge is 2.19. The SMILES string of the molecule is O=c1c2ccccc2oc2c1c(O)cc1oc(-c3ccc(F)cc3)nc12. The van der Waals surface area contributed by atoms with E-state index in [1.807, 2.05) is 0 Å². The lowest BCUT2D eigenvalue weighted by atomic mass is 10.1. The van der Waals surface area contributed by atoms with Crippen molar-refractivity contribution in [3.05, 3.63) is 70.6 Å². The van der Waals surface area contributed by atoms with Gasteiger partial charge in [0.2, 0.25) is 11.3 Å². The van der Waals surface area contributed by atoms with Crippen LogP contribution in [0.25, 0.3) is 44.5 Å². The largest absolute Gasteiger partial charge is 0.507 e. The summed E-state index contributed by atoms with van der Waals surface area (Å²) in [7, 11) is 0. The third-order valence-electron chi connectivity index (χ3n) is 4.28. The van der Waals surface area contributed by atoms with Gasteiger partial charge in [-0.05, 0) is 36.4 Å². The van der Waals surface area contributed by atoms with E-state index in [2.05, 4.69) is 4.98 Å². The zero-order chi connectivity index (χ0) is 17.8. The van der Waals surface area contributed by atoms with Crippen LogP contribution in [0.2, 0.25) is 0 Å². The van der Waals surface area contributed by atoms with Crippen LogP contribution in [0.5, 0.6) is 5.75 Å². The molecule has 1 N–H and O–H groups in total. The molecule has 0 aliphatic carbocycles. The molecule has 26 heavy (non-hydrogen) atoms. The maximum absolute atomic E-state index is 13.1. The Morgan fingerprint density at radius 2 is 1.73 bits per heavy atom. The Bertz CT molecular complexity index is 1370. The number of benzene rings is 3. The van der Waals surface area contributed by atoms with Crippen molar-refractivity contribution in [1.29, 1.82) is 0 Å². The highest BCUT2D eigenvalue weighted by atomic mass is 19.1. The number of hydrogen-bond donors (Lipinski definition) is 1. The average Bonchev–Trinajstić information content (AvgIpc) is 3.06. The molecule has 3 aromatic carbocycles. The normalized spacial score (nSPS) is 11.6. The van der Waals surface area contributed by atoms with Crippen molar-refractivity contribution in [2.75, 3.05) is 0 Å². The van der Waals surface area contributed by atoms with Crippen molar-refractivity contribution < 1.29 is 18.3 Å². The predicted molar refractivity (Wildman–Crippen MR) is 94.6 cm³/mol. The molecular weight excluding hydrogens is 337 g/mol. The Hall–Kier alpha value is -3.67. The fourth-order valence-corrected chi connectivity index (χ4v) is 3.05. The predicted octanol–water partition coefficient (Wildman–Crippen LogP) is 4.60. The summed E-state index contributed by atoms with van der Waals surface area (Å²) in [4.78, 5) is 17.1. The van der Waals surface area contributed by atoms with Crippen LogP contribution in [0.3, 0.4) is 0 Å². The second-order valence-electron chi connectivity index (χ2n) is 5.90. The Labute approximate surface area is 144 Å². The molecule has 5 rings (SSSR count). The minimum absolute atomic E-state index is 0.0511. The van der Waals surface area contributed by atoms with Gasteiger partial charge in [-0.3, -0.25) is 4.79 Å². The minimum atomic E-state index is -0.370. The van der Waals surface area contributed by atoms with E-state index in [0.29, 0.717) is 22.0 Å². The van der Waals surface area contributed by atoms with Crippen molar-refractivity contribution in [1.82, 2.24) is 4.98 Å². The molecule has 0 amide bonds. The van der Waals surface area contributed by atoms with Crippen LogP contribution in [-0.4, -0.2) is 10.1 Å². The Balaban J connectivity index is 1.89. The molecule has 0 spiro atoms. The molecule has 6 heteroatoms. The second-order valence-corrected chi connectivity index (χ2v) is 5.90. The van der Waals surface area contributed by atoms with E-state index < -0.39 is 0 Å². The smallest absolute Gasteiger partial charge is 0.227 e. The molecule has 0 fully saturated rings. The molecule has 0 aliphatic heterocycles. The first-order valence-corrected chi connectivity index (χ1v) is 7.86. The molecule has 0 unspecified atom stereocenters. The number of nitrogens with zero attached hydrogens (tertiary/aromatic N) is 1. The van der Waals surface area contributed by atoms with Gasteiger partial charge in [-0.1, -0.05) is 12.1 Å². The molecule has 2 heterocycles. The summed E-state index contributed by atoms with van der Waals surface area (Å²) in [6, 6.07) is 13.8. The van der Waals surface area contributed by atoms with Crippen LogP contribution in [-0.2, 0) is 0 Å². The summed E-state index contributed by atoms with van der Waals surface area (Å²) < 4.78 is 24.7. The quantitative estimate of drug-likeness (QED) is 0.449. The lowest BCUT2D eigenvalue weighted by Gasteiger charge is -2.03. The molecule has 0 atom stereocenters. The molecule has 0 aliphatic rings. The number of phenols is 1. The van der Waals surface area contributed by atoms with Gasteiger partial charge in [0.15, 0.2) is 16.7 Å². The van der Waals surface area contributed by atoms with E-state index in [-0.39, 0.29) is 39.4 Å². The summed E-state index contributed by atoms with van der Waals surface area (Å²) in [6.45, 7) is 0. The molecule has 0 saturated heterocycles. The molecule has 2 aromatic heterocycles. The van der Waals surface area contributed by atoms with Crippen LogP contribution in [0.15, 0.2) is 68.2 Å². The number of fused-ring (bicyclic) bond motifs is 4. The molecule has 5 nitrogen and oxygen atoms in total. The zero-order valence-corrected chi connectivity index (χ0v) is 13.2. The van der Waals surface area contributed by atoms with Crippen LogP contribution in [0.1, 0.15) is 0 Å². The van der Waals surface area contributed by atoms with Crippen LogP contribution < -0.4 is 5.43 Å². The number of para-hydroxylation sites is 1. The third-order valence-corrected chi connectivity index (χ3v) is 4.28. The molecule has 0 saturated carbocycles. The second kappa shape index (κ2) is 5.16. The van der Waals surface area contributed by atoms with Crippen molar-refractivity contribution in [2.45, 2.75) is 0 Å². The van der Waals surface area contributed by atoms with Gasteiger partial charge in [0.25, 0.3) is 0 Å². The lowest BCUT2D eigenvalue weighted by Crippen LogP contribution is -2.02. The molecule has 0 radical (unpaired) electrons. The van der Waals surface area contributed by atoms with Crippen molar-refractivity contribution >= 4 is 33.0 Å². The first kappa shape index (κ1) is 14.7. The zero-order valence-electron chi connectivity index (χ0n) is 13.2. The third kappa shape index (κ3) is 2.02.